The quantitative estimate of drug-likeness (QED) is 0.708. The topological polar surface area (TPSA) is 108 Å². The van der Waals surface area contributed by atoms with Gasteiger partial charge in [0.1, 0.15) is 0 Å². The summed E-state index contributed by atoms with van der Waals surface area (Å²) < 4.78 is 27.8. The molecule has 10 heteroatoms. The monoisotopic (exact) mass is 433 g/mol. The first-order chi connectivity index (χ1) is 14.3. The van der Waals surface area contributed by atoms with Crippen molar-refractivity contribution in [2.24, 2.45) is 0 Å². The van der Waals surface area contributed by atoms with Crippen LogP contribution in [0.5, 0.6) is 0 Å². The van der Waals surface area contributed by atoms with Gasteiger partial charge in [-0.3, -0.25) is 14.7 Å². The Balaban J connectivity index is 1.65. The molecule has 0 saturated carbocycles. The SMILES string of the molecule is C=CCS(=O)(=O)N1CCCC(c2cc3nc4c(c(=O)n3[nH]2)CN(C(=O)CC)CC4)C1. The summed E-state index contributed by atoms with van der Waals surface area (Å²) in [7, 11) is -3.36. The van der Waals surface area contributed by atoms with Gasteiger partial charge in [0.2, 0.25) is 15.9 Å². The Labute approximate surface area is 175 Å². The Hall–Kier alpha value is -2.46. The van der Waals surface area contributed by atoms with Crippen molar-refractivity contribution < 1.29 is 13.2 Å². The zero-order chi connectivity index (χ0) is 21.5. The van der Waals surface area contributed by atoms with Gasteiger partial charge in [-0.25, -0.2) is 22.2 Å². The normalized spacial score (nSPS) is 20.3. The molecule has 1 unspecified atom stereocenters. The molecule has 2 aliphatic rings. The van der Waals surface area contributed by atoms with Crippen LogP contribution in [0.2, 0.25) is 0 Å². The average Bonchev–Trinajstić information content (AvgIpc) is 3.18. The van der Waals surface area contributed by atoms with Crippen LogP contribution in [0.25, 0.3) is 5.65 Å². The fraction of sp³-hybridized carbons (Fsp3) is 0.550. The molecule has 1 saturated heterocycles. The summed E-state index contributed by atoms with van der Waals surface area (Å²) in [5.41, 5.74) is 2.44. The zero-order valence-electron chi connectivity index (χ0n) is 17.1. The maximum atomic E-state index is 13.1. The van der Waals surface area contributed by atoms with Gasteiger partial charge in [-0.15, -0.1) is 6.58 Å². The summed E-state index contributed by atoms with van der Waals surface area (Å²) in [6.45, 7) is 7.06. The highest BCUT2D eigenvalue weighted by atomic mass is 32.2. The molecular formula is C20H27N5O4S. The van der Waals surface area contributed by atoms with Crippen LogP contribution in [-0.2, 0) is 27.8 Å². The number of piperidine rings is 1. The van der Waals surface area contributed by atoms with Crippen molar-refractivity contribution in [2.45, 2.75) is 45.1 Å². The predicted octanol–water partition coefficient (Wildman–Crippen LogP) is 1.01. The first-order valence-corrected chi connectivity index (χ1v) is 11.9. The van der Waals surface area contributed by atoms with Gasteiger partial charge in [-0.2, -0.15) is 0 Å². The van der Waals surface area contributed by atoms with E-state index in [1.807, 2.05) is 13.0 Å². The van der Waals surface area contributed by atoms with E-state index in [4.69, 9.17) is 0 Å². The molecule has 1 N–H and O–H groups in total. The van der Waals surface area contributed by atoms with Gasteiger partial charge in [-0.1, -0.05) is 13.0 Å². The molecule has 2 aliphatic heterocycles. The number of aromatic nitrogens is 3. The molecule has 1 atom stereocenters. The number of nitrogens with zero attached hydrogens (tertiary/aromatic N) is 4. The number of fused-ring (bicyclic) bond motifs is 2. The van der Waals surface area contributed by atoms with E-state index >= 15 is 0 Å². The molecule has 2 aromatic heterocycles. The molecule has 0 spiro atoms. The Morgan fingerprint density at radius 1 is 1.40 bits per heavy atom. The minimum absolute atomic E-state index is 0.0281. The van der Waals surface area contributed by atoms with E-state index in [2.05, 4.69) is 16.7 Å². The van der Waals surface area contributed by atoms with Gasteiger partial charge in [0, 0.05) is 50.2 Å². The largest absolute Gasteiger partial charge is 0.338 e. The highest BCUT2D eigenvalue weighted by Gasteiger charge is 2.30. The number of sulfonamides is 1. The maximum Gasteiger partial charge on any atom is 0.277 e. The number of carbonyl (C=O) groups excluding carboxylic acids is 1. The van der Waals surface area contributed by atoms with Crippen LogP contribution < -0.4 is 5.56 Å². The van der Waals surface area contributed by atoms with Crippen LogP contribution in [0.1, 0.15) is 49.1 Å². The van der Waals surface area contributed by atoms with Gasteiger partial charge < -0.3 is 4.90 Å². The highest BCUT2D eigenvalue weighted by molar-refractivity contribution is 7.89. The van der Waals surface area contributed by atoms with Gasteiger partial charge >= 0.3 is 0 Å². The van der Waals surface area contributed by atoms with Crippen LogP contribution in [0.4, 0.5) is 0 Å². The van der Waals surface area contributed by atoms with Crippen LogP contribution in [0.15, 0.2) is 23.5 Å². The second kappa shape index (κ2) is 7.99. The van der Waals surface area contributed by atoms with Crippen molar-refractivity contribution >= 4 is 21.6 Å². The molecule has 162 valence electrons. The summed E-state index contributed by atoms with van der Waals surface area (Å²) in [4.78, 5) is 31.5. The van der Waals surface area contributed by atoms with E-state index in [9.17, 15) is 18.0 Å². The van der Waals surface area contributed by atoms with Crippen LogP contribution in [-0.4, -0.2) is 63.5 Å². The lowest BCUT2D eigenvalue weighted by molar-refractivity contribution is -0.131. The summed E-state index contributed by atoms with van der Waals surface area (Å²) >= 11 is 0. The van der Waals surface area contributed by atoms with E-state index in [0.717, 1.165) is 24.2 Å². The molecule has 4 heterocycles. The molecule has 4 rings (SSSR count). The molecule has 2 aromatic rings. The fourth-order valence-corrected chi connectivity index (χ4v) is 5.67. The number of carbonyl (C=O) groups is 1. The van der Waals surface area contributed by atoms with Gasteiger partial charge in [-0.05, 0) is 12.8 Å². The van der Waals surface area contributed by atoms with Crippen molar-refractivity contribution in [3.05, 3.63) is 46.0 Å². The van der Waals surface area contributed by atoms with Crippen molar-refractivity contribution in [1.82, 2.24) is 23.8 Å². The average molecular weight is 434 g/mol. The van der Waals surface area contributed by atoms with E-state index < -0.39 is 10.0 Å². The molecular weight excluding hydrogens is 406 g/mol. The van der Waals surface area contributed by atoms with Gasteiger partial charge in [0.25, 0.3) is 5.56 Å². The third kappa shape index (κ3) is 3.69. The summed E-state index contributed by atoms with van der Waals surface area (Å²) in [6, 6.07) is 1.85. The Morgan fingerprint density at radius 3 is 2.93 bits per heavy atom. The summed E-state index contributed by atoms with van der Waals surface area (Å²) in [5.74, 6) is -0.0809. The lowest BCUT2D eigenvalue weighted by Gasteiger charge is -2.31. The first kappa shape index (κ1) is 20.8. The lowest BCUT2D eigenvalue weighted by atomic mass is 9.96. The van der Waals surface area contributed by atoms with E-state index in [1.165, 1.54) is 14.9 Å². The number of H-pyrrole nitrogens is 1. The molecule has 0 radical (unpaired) electrons. The van der Waals surface area contributed by atoms with Crippen LogP contribution >= 0.6 is 0 Å². The number of hydrogen-bond donors (Lipinski definition) is 1. The number of aromatic amines is 1. The minimum atomic E-state index is -3.36. The molecule has 0 aliphatic carbocycles. The summed E-state index contributed by atoms with van der Waals surface area (Å²) in [6.07, 6.45) is 3.96. The van der Waals surface area contributed by atoms with E-state index in [1.54, 1.807) is 4.90 Å². The third-order valence-electron chi connectivity index (χ3n) is 5.98. The summed E-state index contributed by atoms with van der Waals surface area (Å²) in [5, 5.41) is 3.14. The first-order valence-electron chi connectivity index (χ1n) is 10.3. The smallest absolute Gasteiger partial charge is 0.277 e. The predicted molar refractivity (Wildman–Crippen MR) is 113 cm³/mol. The number of amides is 1. The highest BCUT2D eigenvalue weighted by Crippen LogP contribution is 2.28. The number of rotatable bonds is 5. The molecule has 9 nitrogen and oxygen atoms in total. The molecule has 30 heavy (non-hydrogen) atoms. The number of hydrogen-bond acceptors (Lipinski definition) is 5. The zero-order valence-corrected chi connectivity index (χ0v) is 17.9. The van der Waals surface area contributed by atoms with Crippen molar-refractivity contribution in [3.8, 4) is 0 Å². The fourth-order valence-electron chi connectivity index (χ4n) is 4.35. The van der Waals surface area contributed by atoms with Gasteiger partial charge in [0.15, 0.2) is 5.65 Å². The molecule has 0 aromatic carbocycles. The van der Waals surface area contributed by atoms with Crippen molar-refractivity contribution in [2.75, 3.05) is 25.4 Å². The lowest BCUT2D eigenvalue weighted by Crippen LogP contribution is -2.40. The van der Waals surface area contributed by atoms with Crippen molar-refractivity contribution in [3.63, 3.8) is 0 Å². The number of nitrogens with one attached hydrogen (secondary N) is 1. The van der Waals surface area contributed by atoms with E-state index in [-0.39, 0.29) is 29.7 Å². The van der Waals surface area contributed by atoms with Crippen molar-refractivity contribution in [1.29, 1.82) is 0 Å². The maximum absolute atomic E-state index is 13.1. The Morgan fingerprint density at radius 2 is 2.20 bits per heavy atom. The van der Waals surface area contributed by atoms with Gasteiger partial charge in [0.05, 0.1) is 23.6 Å². The Bertz CT molecular complexity index is 1150. The van der Waals surface area contributed by atoms with E-state index in [0.29, 0.717) is 43.7 Å². The third-order valence-corrected chi connectivity index (χ3v) is 7.76. The molecule has 1 amide bonds. The van der Waals surface area contributed by atoms with Crippen LogP contribution in [0.3, 0.4) is 0 Å². The second-order valence-corrected chi connectivity index (χ2v) is 9.94. The Kier molecular flexibility index (Phi) is 5.54. The van der Waals surface area contributed by atoms with Crippen LogP contribution in [0, 0.1) is 0 Å². The molecule has 1 fully saturated rings. The minimum Gasteiger partial charge on any atom is -0.338 e. The second-order valence-electron chi connectivity index (χ2n) is 7.93. The standard InChI is InChI=1S/C20H27N5O4S/c1-3-10-30(28,29)24-8-5-6-14(12-24)17-11-18-21-16-7-9-23(19(26)4-2)13-15(16)20(27)25(18)22-17/h3,11,14,22H,1,4-10,12-13H2,2H3. The molecule has 0 bridgehead atoms.